The first-order chi connectivity index (χ1) is 13.5. The van der Waals surface area contributed by atoms with E-state index in [-0.39, 0.29) is 5.56 Å². The lowest BCUT2D eigenvalue weighted by Gasteiger charge is -2.04. The molecule has 138 valence electrons. The van der Waals surface area contributed by atoms with E-state index in [0.717, 1.165) is 16.7 Å². The topological polar surface area (TPSA) is 69.5 Å². The van der Waals surface area contributed by atoms with Gasteiger partial charge in [0.1, 0.15) is 4.83 Å². The summed E-state index contributed by atoms with van der Waals surface area (Å²) in [6, 6.07) is 14.8. The third kappa shape index (κ3) is 3.80. The van der Waals surface area contributed by atoms with Crippen LogP contribution in [0.4, 0.5) is 0 Å². The smallest absolute Gasteiger partial charge is 0.260 e. The molecule has 0 radical (unpaired) electrons. The van der Waals surface area contributed by atoms with Crippen LogP contribution in [-0.2, 0) is 5.75 Å². The molecule has 2 heterocycles. The summed E-state index contributed by atoms with van der Waals surface area (Å²) < 4.78 is 0. The van der Waals surface area contributed by atoms with Gasteiger partial charge in [-0.1, -0.05) is 53.2 Å². The molecule has 0 aliphatic heterocycles. The number of thioether (sulfide) groups is 1. The molecule has 0 spiro atoms. The van der Waals surface area contributed by atoms with E-state index < -0.39 is 0 Å². The first-order valence-electron chi connectivity index (χ1n) is 8.14. The van der Waals surface area contributed by atoms with Crippen molar-refractivity contribution in [3.63, 3.8) is 0 Å². The lowest BCUT2D eigenvalue weighted by Crippen LogP contribution is -2.08. The summed E-state index contributed by atoms with van der Waals surface area (Å²) in [4.78, 5) is 20.8. The van der Waals surface area contributed by atoms with Gasteiger partial charge in [-0.25, -0.2) is 4.98 Å². The molecule has 4 nitrogen and oxygen atoms in total. The molecule has 4 aromatic rings. The van der Waals surface area contributed by atoms with Gasteiger partial charge in [0, 0.05) is 16.7 Å². The Balaban J connectivity index is 1.65. The van der Waals surface area contributed by atoms with E-state index >= 15 is 0 Å². The van der Waals surface area contributed by atoms with Crippen LogP contribution in [0.1, 0.15) is 11.1 Å². The molecule has 0 saturated carbocycles. The van der Waals surface area contributed by atoms with E-state index in [1.54, 1.807) is 18.2 Å². The lowest BCUT2D eigenvalue weighted by atomic mass is 10.1. The maximum Gasteiger partial charge on any atom is 0.260 e. The van der Waals surface area contributed by atoms with Crippen LogP contribution < -0.4 is 5.56 Å². The predicted molar refractivity (Wildman–Crippen MR) is 116 cm³/mol. The van der Waals surface area contributed by atoms with Crippen molar-refractivity contribution in [2.75, 3.05) is 0 Å². The van der Waals surface area contributed by atoms with Gasteiger partial charge in [-0.05, 0) is 35.4 Å². The SMILES string of the molecule is N#Cc1cccc(CSc2nc3scc(-c4ccc(Cl)c(Cl)c4)c3c(=O)[nH]2)c1. The number of nitrogens with zero attached hydrogens (tertiary/aromatic N) is 2. The highest BCUT2D eigenvalue weighted by molar-refractivity contribution is 7.98. The molecule has 0 unspecified atom stereocenters. The van der Waals surface area contributed by atoms with Gasteiger partial charge in [-0.3, -0.25) is 4.79 Å². The minimum Gasteiger partial charge on any atom is -0.301 e. The van der Waals surface area contributed by atoms with Crippen molar-refractivity contribution in [3.8, 4) is 17.2 Å². The zero-order valence-corrected chi connectivity index (χ0v) is 17.3. The van der Waals surface area contributed by atoms with Crippen molar-refractivity contribution in [1.82, 2.24) is 9.97 Å². The summed E-state index contributed by atoms with van der Waals surface area (Å²) in [7, 11) is 0. The number of H-pyrrole nitrogens is 1. The van der Waals surface area contributed by atoms with E-state index in [1.165, 1.54) is 23.1 Å². The van der Waals surface area contributed by atoms with E-state index in [0.29, 0.717) is 36.7 Å². The Morgan fingerprint density at radius 2 is 2.04 bits per heavy atom. The first kappa shape index (κ1) is 19.0. The first-order valence-corrected chi connectivity index (χ1v) is 10.8. The number of nitrogens with one attached hydrogen (secondary N) is 1. The predicted octanol–water partition coefficient (Wildman–Crippen LogP) is 6.12. The molecule has 2 aromatic heterocycles. The molecule has 0 amide bonds. The van der Waals surface area contributed by atoms with Gasteiger partial charge >= 0.3 is 0 Å². The molecule has 1 N–H and O–H groups in total. The Morgan fingerprint density at radius 3 is 2.82 bits per heavy atom. The Morgan fingerprint density at radius 1 is 1.18 bits per heavy atom. The van der Waals surface area contributed by atoms with Crippen molar-refractivity contribution in [2.24, 2.45) is 0 Å². The molecule has 0 aliphatic rings. The molecule has 28 heavy (non-hydrogen) atoms. The summed E-state index contributed by atoms with van der Waals surface area (Å²) in [5.74, 6) is 0.606. The van der Waals surface area contributed by atoms with E-state index in [2.05, 4.69) is 16.0 Å². The number of thiophene rings is 1. The van der Waals surface area contributed by atoms with E-state index in [1.807, 2.05) is 29.6 Å². The van der Waals surface area contributed by atoms with Crippen molar-refractivity contribution in [3.05, 3.63) is 79.4 Å². The molecular formula is C20H11Cl2N3OS2. The Labute approximate surface area is 178 Å². The van der Waals surface area contributed by atoms with Crippen LogP contribution in [0.3, 0.4) is 0 Å². The van der Waals surface area contributed by atoms with E-state index in [9.17, 15) is 4.79 Å². The van der Waals surface area contributed by atoms with Crippen LogP contribution in [0.15, 0.2) is 57.8 Å². The monoisotopic (exact) mass is 443 g/mol. The number of rotatable bonds is 4. The second-order valence-corrected chi connectivity index (χ2v) is 8.57. The molecule has 0 aliphatic carbocycles. The van der Waals surface area contributed by atoms with Crippen LogP contribution in [0.25, 0.3) is 21.3 Å². The number of hydrogen-bond acceptors (Lipinski definition) is 5. The number of aromatic amines is 1. The van der Waals surface area contributed by atoms with Gasteiger partial charge in [0.05, 0.1) is 27.1 Å². The second-order valence-electron chi connectivity index (χ2n) is 5.93. The molecular weight excluding hydrogens is 433 g/mol. The number of benzene rings is 2. The number of halogens is 2. The highest BCUT2D eigenvalue weighted by atomic mass is 35.5. The quantitative estimate of drug-likeness (QED) is 0.304. The van der Waals surface area contributed by atoms with Gasteiger partial charge in [0.25, 0.3) is 5.56 Å². The standard InChI is InChI=1S/C20H11Cl2N3OS2/c21-15-5-4-13(7-16(15)22)14-10-27-19-17(14)18(26)24-20(25-19)28-9-12-3-1-2-11(6-12)8-23/h1-7,10H,9H2,(H,24,25,26). The van der Waals surface area contributed by atoms with Crippen LogP contribution in [0, 0.1) is 11.3 Å². The number of nitriles is 1. The number of aromatic nitrogens is 2. The highest BCUT2D eigenvalue weighted by Gasteiger charge is 2.14. The fraction of sp³-hybridized carbons (Fsp3) is 0.0500. The van der Waals surface area contributed by atoms with Crippen molar-refractivity contribution in [2.45, 2.75) is 10.9 Å². The normalized spacial score (nSPS) is 10.9. The maximum absolute atomic E-state index is 12.7. The van der Waals surface area contributed by atoms with Crippen LogP contribution in [0.2, 0.25) is 10.0 Å². The van der Waals surface area contributed by atoms with E-state index in [4.69, 9.17) is 28.5 Å². The Kier molecular flexibility index (Phi) is 5.42. The molecule has 0 atom stereocenters. The minimum absolute atomic E-state index is 0.194. The van der Waals surface area contributed by atoms with Crippen molar-refractivity contribution < 1.29 is 0 Å². The third-order valence-electron chi connectivity index (χ3n) is 4.08. The van der Waals surface area contributed by atoms with Crippen LogP contribution in [-0.4, -0.2) is 9.97 Å². The van der Waals surface area contributed by atoms with Gasteiger partial charge in [-0.2, -0.15) is 5.26 Å². The summed E-state index contributed by atoms with van der Waals surface area (Å²) in [5.41, 5.74) is 3.02. The van der Waals surface area contributed by atoms with Crippen LogP contribution in [0.5, 0.6) is 0 Å². The largest absolute Gasteiger partial charge is 0.301 e. The average Bonchev–Trinajstić information content (AvgIpc) is 3.13. The molecule has 2 aromatic carbocycles. The summed E-state index contributed by atoms with van der Waals surface area (Å²) in [5, 5.41) is 12.9. The summed E-state index contributed by atoms with van der Waals surface area (Å²) >= 11 is 14.9. The molecule has 0 fully saturated rings. The fourth-order valence-electron chi connectivity index (χ4n) is 2.76. The molecule has 8 heteroatoms. The zero-order chi connectivity index (χ0) is 19.7. The second kappa shape index (κ2) is 7.98. The van der Waals surface area contributed by atoms with Crippen LogP contribution >= 0.6 is 46.3 Å². The summed E-state index contributed by atoms with van der Waals surface area (Å²) in [6.07, 6.45) is 0. The van der Waals surface area contributed by atoms with Gasteiger partial charge in [0.2, 0.25) is 0 Å². The highest BCUT2D eigenvalue weighted by Crippen LogP contribution is 2.35. The molecule has 0 bridgehead atoms. The van der Waals surface area contributed by atoms with Gasteiger partial charge < -0.3 is 4.98 Å². The maximum atomic E-state index is 12.7. The average molecular weight is 444 g/mol. The number of fused-ring (bicyclic) bond motifs is 1. The number of hydrogen-bond donors (Lipinski definition) is 1. The molecule has 0 saturated heterocycles. The van der Waals surface area contributed by atoms with Crippen molar-refractivity contribution >= 4 is 56.5 Å². The summed E-state index contributed by atoms with van der Waals surface area (Å²) in [6.45, 7) is 0. The lowest BCUT2D eigenvalue weighted by molar-refractivity contribution is 0.980. The minimum atomic E-state index is -0.194. The van der Waals surface area contributed by atoms with Gasteiger partial charge in [-0.15, -0.1) is 11.3 Å². The molecule has 4 rings (SSSR count). The Hall–Kier alpha value is -2.30. The van der Waals surface area contributed by atoms with Gasteiger partial charge in [0.15, 0.2) is 5.16 Å². The Bertz CT molecular complexity index is 1290. The fourth-order valence-corrected chi connectivity index (χ4v) is 4.86. The third-order valence-corrected chi connectivity index (χ3v) is 6.64. The zero-order valence-electron chi connectivity index (χ0n) is 14.2. The van der Waals surface area contributed by atoms with Crippen molar-refractivity contribution in [1.29, 1.82) is 5.26 Å².